The first kappa shape index (κ1) is 15.2. The van der Waals surface area contributed by atoms with E-state index in [-0.39, 0.29) is 0 Å². The fourth-order valence-corrected chi connectivity index (χ4v) is 2.94. The summed E-state index contributed by atoms with van der Waals surface area (Å²) in [5.74, 6) is -0.488. The second-order valence-corrected chi connectivity index (χ2v) is 5.45. The monoisotopic (exact) mass is 276 g/mol. The maximum absolute atomic E-state index is 11.8. The standard InChI is InChI=1S/C17H24O3/c1-3-16(14-18,15-8-6-5-7-9-15)10-11-17(4-2)19-12-13-20-17/h5-9,14H,3-4,10-13H2,1-2H3. The number of carbonyl (C=O) groups is 1. The molecule has 1 saturated heterocycles. The van der Waals surface area contributed by atoms with Gasteiger partial charge in [0.2, 0.25) is 0 Å². The van der Waals surface area contributed by atoms with Crippen LogP contribution in [0.4, 0.5) is 0 Å². The maximum atomic E-state index is 11.8. The second-order valence-electron chi connectivity index (χ2n) is 5.45. The fourth-order valence-electron chi connectivity index (χ4n) is 2.94. The molecule has 1 fully saturated rings. The molecule has 1 atom stereocenters. The third kappa shape index (κ3) is 2.94. The predicted molar refractivity (Wildman–Crippen MR) is 78.6 cm³/mol. The van der Waals surface area contributed by atoms with Crippen molar-refractivity contribution in [2.75, 3.05) is 13.2 Å². The van der Waals surface area contributed by atoms with Crippen LogP contribution in [0.15, 0.2) is 30.3 Å². The van der Waals surface area contributed by atoms with Gasteiger partial charge >= 0.3 is 0 Å². The number of carbonyl (C=O) groups excluding carboxylic acids is 1. The van der Waals surface area contributed by atoms with Gasteiger partial charge in [-0.2, -0.15) is 0 Å². The largest absolute Gasteiger partial charge is 0.348 e. The Morgan fingerprint density at radius 2 is 1.85 bits per heavy atom. The third-order valence-corrected chi connectivity index (χ3v) is 4.51. The van der Waals surface area contributed by atoms with Crippen LogP contribution in [0.2, 0.25) is 0 Å². The number of hydrogen-bond donors (Lipinski definition) is 0. The predicted octanol–water partition coefficient (Wildman–Crippen LogP) is 3.47. The summed E-state index contributed by atoms with van der Waals surface area (Å²) in [5, 5.41) is 0. The molecule has 0 amide bonds. The van der Waals surface area contributed by atoms with Crippen molar-refractivity contribution < 1.29 is 14.3 Å². The van der Waals surface area contributed by atoms with E-state index in [0.29, 0.717) is 13.2 Å². The van der Waals surface area contributed by atoms with Crippen LogP contribution in [0.25, 0.3) is 0 Å². The van der Waals surface area contributed by atoms with Crippen LogP contribution in [0.3, 0.4) is 0 Å². The van der Waals surface area contributed by atoms with Gasteiger partial charge in [-0.05, 0) is 24.8 Å². The molecule has 1 heterocycles. The molecule has 2 rings (SSSR count). The van der Waals surface area contributed by atoms with Gasteiger partial charge in [0, 0.05) is 6.42 Å². The molecule has 0 radical (unpaired) electrons. The highest BCUT2D eigenvalue weighted by Crippen LogP contribution is 2.37. The van der Waals surface area contributed by atoms with Crippen molar-refractivity contribution in [1.82, 2.24) is 0 Å². The van der Waals surface area contributed by atoms with Crippen molar-refractivity contribution in [3.05, 3.63) is 35.9 Å². The molecule has 1 aliphatic rings. The molecule has 0 spiro atoms. The van der Waals surface area contributed by atoms with E-state index < -0.39 is 11.2 Å². The summed E-state index contributed by atoms with van der Waals surface area (Å²) in [6.45, 7) is 5.44. The molecule has 20 heavy (non-hydrogen) atoms. The Hall–Kier alpha value is -1.19. The van der Waals surface area contributed by atoms with Gasteiger partial charge in [-0.25, -0.2) is 0 Å². The molecule has 1 aromatic carbocycles. The van der Waals surface area contributed by atoms with Crippen molar-refractivity contribution in [2.24, 2.45) is 0 Å². The van der Waals surface area contributed by atoms with Crippen LogP contribution in [-0.2, 0) is 19.7 Å². The van der Waals surface area contributed by atoms with E-state index in [9.17, 15) is 4.79 Å². The lowest BCUT2D eigenvalue weighted by atomic mass is 9.75. The quantitative estimate of drug-likeness (QED) is 0.715. The lowest BCUT2D eigenvalue weighted by Crippen LogP contribution is -2.35. The van der Waals surface area contributed by atoms with Crippen molar-refractivity contribution >= 4 is 6.29 Å². The van der Waals surface area contributed by atoms with Crippen molar-refractivity contribution in [1.29, 1.82) is 0 Å². The van der Waals surface area contributed by atoms with Crippen molar-refractivity contribution in [3.8, 4) is 0 Å². The van der Waals surface area contributed by atoms with E-state index >= 15 is 0 Å². The average Bonchev–Trinajstić information content (AvgIpc) is 2.99. The highest BCUT2D eigenvalue weighted by Gasteiger charge is 2.39. The Labute approximate surface area is 121 Å². The van der Waals surface area contributed by atoms with E-state index in [4.69, 9.17) is 9.47 Å². The topological polar surface area (TPSA) is 35.5 Å². The number of ether oxygens (including phenoxy) is 2. The van der Waals surface area contributed by atoms with Crippen LogP contribution in [-0.4, -0.2) is 25.3 Å². The normalized spacial score (nSPS) is 20.5. The molecule has 0 N–H and O–H groups in total. The van der Waals surface area contributed by atoms with E-state index in [1.54, 1.807) is 0 Å². The number of rotatable bonds is 7. The average molecular weight is 276 g/mol. The van der Waals surface area contributed by atoms with Crippen LogP contribution in [0.5, 0.6) is 0 Å². The second kappa shape index (κ2) is 6.51. The Balaban J connectivity index is 2.15. The van der Waals surface area contributed by atoms with E-state index in [1.807, 2.05) is 30.3 Å². The molecule has 1 aliphatic heterocycles. The minimum atomic E-state index is -0.488. The first-order valence-corrected chi connectivity index (χ1v) is 7.50. The van der Waals surface area contributed by atoms with Gasteiger partial charge in [0.1, 0.15) is 6.29 Å². The lowest BCUT2D eigenvalue weighted by molar-refractivity contribution is -0.167. The van der Waals surface area contributed by atoms with Gasteiger partial charge in [0.05, 0.1) is 18.6 Å². The molecule has 0 aromatic heterocycles. The SMILES string of the molecule is CCC1(CCC(C=O)(CC)c2ccccc2)OCCO1. The minimum Gasteiger partial charge on any atom is -0.348 e. The molecule has 3 nitrogen and oxygen atoms in total. The number of aldehydes is 1. The van der Waals surface area contributed by atoms with Crippen molar-refractivity contribution in [2.45, 2.75) is 50.7 Å². The Kier molecular flexibility index (Phi) is 4.95. The van der Waals surface area contributed by atoms with Gasteiger partial charge in [-0.3, -0.25) is 0 Å². The summed E-state index contributed by atoms with van der Waals surface area (Å²) in [7, 11) is 0. The van der Waals surface area contributed by atoms with Crippen LogP contribution in [0, 0.1) is 0 Å². The summed E-state index contributed by atoms with van der Waals surface area (Å²) in [4.78, 5) is 11.8. The van der Waals surface area contributed by atoms with E-state index in [1.165, 1.54) is 0 Å². The first-order valence-electron chi connectivity index (χ1n) is 7.50. The summed E-state index contributed by atoms with van der Waals surface area (Å²) in [6.07, 6.45) is 4.22. The highest BCUT2D eigenvalue weighted by molar-refractivity contribution is 5.68. The van der Waals surface area contributed by atoms with E-state index in [2.05, 4.69) is 13.8 Å². The molecule has 110 valence electrons. The van der Waals surface area contributed by atoms with Crippen LogP contribution < -0.4 is 0 Å². The molecule has 3 heteroatoms. The van der Waals surface area contributed by atoms with Gasteiger partial charge in [0.15, 0.2) is 5.79 Å². The van der Waals surface area contributed by atoms with Crippen LogP contribution >= 0.6 is 0 Å². The maximum Gasteiger partial charge on any atom is 0.168 e. The molecule has 1 unspecified atom stereocenters. The highest BCUT2D eigenvalue weighted by atomic mass is 16.7. The molecule has 0 bridgehead atoms. The first-order chi connectivity index (χ1) is 9.70. The van der Waals surface area contributed by atoms with Gasteiger partial charge in [-0.15, -0.1) is 0 Å². The summed E-state index contributed by atoms with van der Waals surface area (Å²) >= 11 is 0. The zero-order valence-electron chi connectivity index (χ0n) is 12.4. The zero-order chi connectivity index (χ0) is 14.5. The Morgan fingerprint density at radius 3 is 2.35 bits per heavy atom. The summed E-state index contributed by atoms with van der Waals surface area (Å²) in [6, 6.07) is 10.0. The van der Waals surface area contributed by atoms with Gasteiger partial charge < -0.3 is 14.3 Å². The summed E-state index contributed by atoms with van der Waals surface area (Å²) in [5.41, 5.74) is 0.653. The zero-order valence-corrected chi connectivity index (χ0v) is 12.4. The molecular formula is C17H24O3. The summed E-state index contributed by atoms with van der Waals surface area (Å²) < 4.78 is 11.5. The lowest BCUT2D eigenvalue weighted by Gasteiger charge is -2.33. The minimum absolute atomic E-state index is 0.432. The van der Waals surface area contributed by atoms with Crippen molar-refractivity contribution in [3.63, 3.8) is 0 Å². The Morgan fingerprint density at radius 1 is 1.20 bits per heavy atom. The molecule has 0 aliphatic carbocycles. The van der Waals surface area contributed by atoms with Gasteiger partial charge in [-0.1, -0.05) is 44.2 Å². The number of hydrogen-bond acceptors (Lipinski definition) is 3. The van der Waals surface area contributed by atoms with Gasteiger partial charge in [0.25, 0.3) is 0 Å². The fraction of sp³-hybridized carbons (Fsp3) is 0.588. The smallest absolute Gasteiger partial charge is 0.168 e. The molecule has 1 aromatic rings. The number of benzene rings is 1. The van der Waals surface area contributed by atoms with Crippen LogP contribution in [0.1, 0.15) is 45.1 Å². The molecular weight excluding hydrogens is 252 g/mol. The Bertz CT molecular complexity index is 423. The third-order valence-electron chi connectivity index (χ3n) is 4.51. The molecule has 0 saturated carbocycles. The van der Waals surface area contributed by atoms with E-state index in [0.717, 1.165) is 37.5 Å².